The Labute approximate surface area is 295 Å². The molecule has 0 spiro atoms. The fourth-order valence-corrected chi connectivity index (χ4v) is 7.78. The molecule has 0 unspecified atom stereocenters. The van der Waals surface area contributed by atoms with Crippen LogP contribution in [0.2, 0.25) is 0 Å². The van der Waals surface area contributed by atoms with Gasteiger partial charge in [-0.15, -0.1) is 0 Å². The van der Waals surface area contributed by atoms with Crippen LogP contribution in [0.3, 0.4) is 0 Å². The highest BCUT2D eigenvalue weighted by atomic mass is 32.2. The van der Waals surface area contributed by atoms with Gasteiger partial charge in [-0.05, 0) is 71.0 Å². The standard InChI is InChI=1S/C38H31F6N3O4S/c39-37(40,41)24-46-35(48)36(31-11-4-1-9-29(31)30-10-2-5-12-32(30)36)21-7-23-51-34-19-18-27(20-22-45-34)47-52(49,50)33-13-6-3-8-28(33)25-14-16-26(17-15-25)38(42,43)44/h1-6,8-20,47H,7,21-24H2,(H,46,48). The topological polar surface area (TPSA) is 96.9 Å². The van der Waals surface area contributed by atoms with E-state index in [0.717, 1.165) is 23.3 Å². The fourth-order valence-electron chi connectivity index (χ4n) is 6.47. The molecule has 270 valence electrons. The summed E-state index contributed by atoms with van der Waals surface area (Å²) in [5, 5.41) is 2.10. The van der Waals surface area contributed by atoms with Gasteiger partial charge in [-0.2, -0.15) is 26.3 Å². The molecular formula is C38H31F6N3O4S. The molecule has 0 saturated heterocycles. The van der Waals surface area contributed by atoms with E-state index in [1.165, 1.54) is 48.6 Å². The van der Waals surface area contributed by atoms with Gasteiger partial charge in [-0.3, -0.25) is 9.52 Å². The molecule has 4 aromatic rings. The van der Waals surface area contributed by atoms with E-state index < -0.39 is 45.8 Å². The van der Waals surface area contributed by atoms with Gasteiger partial charge in [0.2, 0.25) is 11.8 Å². The zero-order chi connectivity index (χ0) is 37.1. The summed E-state index contributed by atoms with van der Waals surface area (Å²) in [4.78, 5) is 17.9. The van der Waals surface area contributed by atoms with E-state index in [9.17, 15) is 39.6 Å². The summed E-state index contributed by atoms with van der Waals surface area (Å²) in [6, 6.07) is 24.4. The molecule has 1 aliphatic heterocycles. The number of sulfonamides is 1. The number of rotatable bonds is 10. The first-order valence-electron chi connectivity index (χ1n) is 16.1. The van der Waals surface area contributed by atoms with Crippen molar-refractivity contribution in [3.8, 4) is 22.3 Å². The molecule has 1 heterocycles. The van der Waals surface area contributed by atoms with Gasteiger partial charge in [0.05, 0.1) is 23.6 Å². The van der Waals surface area contributed by atoms with Crippen LogP contribution < -0.4 is 10.0 Å². The maximum Gasteiger partial charge on any atom is 0.416 e. The number of carbonyl (C=O) groups is 1. The number of fused-ring (bicyclic) bond motifs is 3. The summed E-state index contributed by atoms with van der Waals surface area (Å²) in [6.07, 6.45) is -4.35. The molecule has 2 N–H and O–H groups in total. The third-order valence-electron chi connectivity index (χ3n) is 8.76. The van der Waals surface area contributed by atoms with E-state index in [2.05, 4.69) is 15.0 Å². The van der Waals surface area contributed by atoms with E-state index in [0.29, 0.717) is 11.1 Å². The smallest absolute Gasteiger partial charge is 0.416 e. The lowest BCUT2D eigenvalue weighted by molar-refractivity contribution is -0.141. The molecular weight excluding hydrogens is 708 g/mol. The highest BCUT2D eigenvalue weighted by Crippen LogP contribution is 2.51. The molecule has 7 nitrogen and oxygen atoms in total. The number of nitrogens with zero attached hydrogens (tertiary/aromatic N) is 1. The number of carbonyl (C=O) groups excluding carboxylic acids is 1. The van der Waals surface area contributed by atoms with E-state index in [4.69, 9.17) is 4.74 Å². The number of halogens is 6. The minimum absolute atomic E-state index is 0.0330. The van der Waals surface area contributed by atoms with Gasteiger partial charge in [-0.1, -0.05) is 78.9 Å². The van der Waals surface area contributed by atoms with Crippen LogP contribution in [0.5, 0.6) is 0 Å². The summed E-state index contributed by atoms with van der Waals surface area (Å²) in [5.41, 5.74) is 1.13. The molecule has 4 aromatic carbocycles. The monoisotopic (exact) mass is 739 g/mol. The van der Waals surface area contributed by atoms with Crippen LogP contribution in [0, 0.1) is 0 Å². The molecule has 14 heteroatoms. The normalized spacial score (nSPS) is 15.1. The molecule has 1 amide bonds. The zero-order valence-corrected chi connectivity index (χ0v) is 28.1. The predicted octanol–water partition coefficient (Wildman–Crippen LogP) is 7.94. The number of aliphatic imine (C=N–C) groups is 1. The van der Waals surface area contributed by atoms with Crippen molar-refractivity contribution in [1.82, 2.24) is 10.0 Å². The van der Waals surface area contributed by atoms with Crippen molar-refractivity contribution in [1.29, 1.82) is 0 Å². The van der Waals surface area contributed by atoms with Crippen molar-refractivity contribution >= 4 is 21.8 Å². The summed E-state index contributed by atoms with van der Waals surface area (Å²) >= 11 is 0. The van der Waals surface area contributed by atoms with Crippen LogP contribution in [-0.4, -0.2) is 46.1 Å². The third kappa shape index (κ3) is 7.61. The van der Waals surface area contributed by atoms with Crippen LogP contribution in [-0.2, 0) is 31.1 Å². The van der Waals surface area contributed by atoms with Gasteiger partial charge in [0.1, 0.15) is 12.0 Å². The number of benzene rings is 4. The second-order valence-corrected chi connectivity index (χ2v) is 13.7. The Morgan fingerprint density at radius 2 is 1.38 bits per heavy atom. The summed E-state index contributed by atoms with van der Waals surface area (Å²) in [5.74, 6) is -0.603. The molecule has 2 aliphatic rings. The van der Waals surface area contributed by atoms with Crippen LogP contribution in [0.1, 0.15) is 29.5 Å². The maximum absolute atomic E-state index is 13.7. The number of amides is 1. The van der Waals surface area contributed by atoms with Crippen molar-refractivity contribution in [3.05, 3.63) is 138 Å². The Bertz CT molecular complexity index is 2130. The number of nitrogens with one attached hydrogen (secondary N) is 2. The predicted molar refractivity (Wildman–Crippen MR) is 184 cm³/mol. The lowest BCUT2D eigenvalue weighted by Crippen LogP contribution is -2.47. The van der Waals surface area contributed by atoms with Crippen LogP contribution in [0.15, 0.2) is 131 Å². The largest absolute Gasteiger partial charge is 0.478 e. The first-order chi connectivity index (χ1) is 24.7. The van der Waals surface area contributed by atoms with Gasteiger partial charge in [0.15, 0.2) is 0 Å². The summed E-state index contributed by atoms with van der Waals surface area (Å²) in [7, 11) is -4.21. The molecule has 0 fully saturated rings. The van der Waals surface area contributed by atoms with Gasteiger partial charge in [-0.25, -0.2) is 13.4 Å². The minimum Gasteiger partial charge on any atom is -0.478 e. The lowest BCUT2D eigenvalue weighted by atomic mass is 9.73. The second kappa shape index (κ2) is 14.3. The second-order valence-electron chi connectivity index (χ2n) is 12.1. The Morgan fingerprint density at radius 1 is 0.788 bits per heavy atom. The molecule has 1 aliphatic carbocycles. The molecule has 0 atom stereocenters. The van der Waals surface area contributed by atoms with E-state index in [-0.39, 0.29) is 53.6 Å². The summed E-state index contributed by atoms with van der Waals surface area (Å²) in [6.45, 7) is -1.40. The highest BCUT2D eigenvalue weighted by molar-refractivity contribution is 7.89. The van der Waals surface area contributed by atoms with Crippen molar-refractivity contribution < 1.29 is 44.3 Å². The lowest BCUT2D eigenvalue weighted by Gasteiger charge is -2.31. The first-order valence-corrected chi connectivity index (χ1v) is 17.6. The third-order valence-corrected chi connectivity index (χ3v) is 10.2. The molecule has 0 bridgehead atoms. The van der Waals surface area contributed by atoms with Gasteiger partial charge < -0.3 is 10.1 Å². The quantitative estimate of drug-likeness (QED) is 0.128. The van der Waals surface area contributed by atoms with E-state index in [1.807, 2.05) is 12.1 Å². The zero-order valence-electron chi connectivity index (χ0n) is 27.3. The van der Waals surface area contributed by atoms with Gasteiger partial charge in [0.25, 0.3) is 10.0 Å². The van der Waals surface area contributed by atoms with Crippen LogP contribution >= 0.6 is 0 Å². The number of ether oxygens (including phenoxy) is 1. The summed E-state index contributed by atoms with van der Waals surface area (Å²) < 4.78 is 114. The van der Waals surface area contributed by atoms with E-state index >= 15 is 0 Å². The van der Waals surface area contributed by atoms with Crippen molar-refractivity contribution in [2.75, 3.05) is 19.7 Å². The Morgan fingerprint density at radius 3 is 2.00 bits per heavy atom. The Kier molecular flexibility index (Phi) is 10.0. The average Bonchev–Trinajstić information content (AvgIpc) is 3.22. The average molecular weight is 740 g/mol. The van der Waals surface area contributed by atoms with Gasteiger partial charge >= 0.3 is 12.4 Å². The number of hydrogen-bond acceptors (Lipinski definition) is 5. The van der Waals surface area contributed by atoms with Crippen molar-refractivity contribution in [3.63, 3.8) is 0 Å². The minimum atomic E-state index is -4.60. The van der Waals surface area contributed by atoms with Crippen molar-refractivity contribution in [2.45, 2.75) is 35.5 Å². The Hall–Kier alpha value is -5.37. The molecule has 52 heavy (non-hydrogen) atoms. The number of hydrogen-bond donors (Lipinski definition) is 2. The van der Waals surface area contributed by atoms with E-state index in [1.54, 1.807) is 42.5 Å². The first kappa shape index (κ1) is 36.4. The van der Waals surface area contributed by atoms with Gasteiger partial charge in [0, 0.05) is 17.3 Å². The molecule has 6 rings (SSSR count). The van der Waals surface area contributed by atoms with Crippen molar-refractivity contribution in [2.24, 2.45) is 4.99 Å². The molecule has 0 saturated carbocycles. The number of allylic oxidation sites excluding steroid dienone is 1. The molecule has 0 radical (unpaired) electrons. The molecule has 0 aromatic heterocycles. The fraction of sp³-hybridized carbons (Fsp3) is 0.211. The highest BCUT2D eigenvalue weighted by Gasteiger charge is 2.49. The number of alkyl halides is 6. The maximum atomic E-state index is 13.7. The van der Waals surface area contributed by atoms with Crippen LogP contribution in [0.25, 0.3) is 22.3 Å². The SMILES string of the molecule is O=C(NCC(F)(F)F)C1(CCCOC2=NCC=C(NS(=O)(=O)c3ccccc3-c3ccc(C(F)(F)F)cc3)C=C2)c2ccccc2-c2ccccc21. The van der Waals surface area contributed by atoms with Crippen LogP contribution in [0.4, 0.5) is 26.3 Å². The Balaban J connectivity index is 1.13.